The first-order valence-corrected chi connectivity index (χ1v) is 8.75. The highest BCUT2D eigenvalue weighted by atomic mass is 32.1. The number of hydrogen-bond donors (Lipinski definition) is 0. The number of methoxy groups -OCH3 is 1. The van der Waals surface area contributed by atoms with E-state index in [1.807, 2.05) is 23.6 Å². The molecular formula is C21H19NO3S. The number of hydrogen-bond acceptors (Lipinski definition) is 4. The van der Waals surface area contributed by atoms with E-state index in [0.717, 1.165) is 4.88 Å². The highest BCUT2D eigenvalue weighted by Crippen LogP contribution is 2.28. The molecule has 0 aliphatic carbocycles. The Morgan fingerprint density at radius 2 is 2.04 bits per heavy atom. The van der Waals surface area contributed by atoms with Crippen molar-refractivity contribution in [3.63, 3.8) is 0 Å². The number of thiophene rings is 1. The summed E-state index contributed by atoms with van der Waals surface area (Å²) in [7, 11) is 1.28. The van der Waals surface area contributed by atoms with Crippen LogP contribution in [0.1, 0.15) is 15.2 Å². The highest BCUT2D eigenvalue weighted by molar-refractivity contribution is 7.09. The van der Waals surface area contributed by atoms with Gasteiger partial charge in [-0.1, -0.05) is 36.8 Å². The van der Waals surface area contributed by atoms with Crippen LogP contribution in [0.3, 0.4) is 0 Å². The van der Waals surface area contributed by atoms with Gasteiger partial charge < -0.3 is 9.64 Å². The van der Waals surface area contributed by atoms with E-state index in [9.17, 15) is 9.59 Å². The van der Waals surface area contributed by atoms with Crippen LogP contribution in [0.4, 0.5) is 0 Å². The first-order chi connectivity index (χ1) is 12.6. The van der Waals surface area contributed by atoms with E-state index in [4.69, 9.17) is 11.2 Å². The molecule has 0 N–H and O–H groups in total. The van der Waals surface area contributed by atoms with Crippen molar-refractivity contribution in [2.24, 2.45) is 0 Å². The maximum Gasteiger partial charge on any atom is 0.336 e. The molecule has 5 heteroatoms. The van der Waals surface area contributed by atoms with Gasteiger partial charge in [-0.2, -0.15) is 0 Å². The van der Waals surface area contributed by atoms with Gasteiger partial charge in [0.25, 0.3) is 5.91 Å². The summed E-state index contributed by atoms with van der Waals surface area (Å²) < 4.78 is 5.03. The topological polar surface area (TPSA) is 46.6 Å². The second-order valence-corrected chi connectivity index (χ2v) is 6.51. The van der Waals surface area contributed by atoms with E-state index in [0.29, 0.717) is 5.56 Å². The summed E-state index contributed by atoms with van der Waals surface area (Å²) in [5.74, 6) is 1.51. The van der Waals surface area contributed by atoms with Crippen molar-refractivity contribution in [2.75, 3.05) is 13.7 Å². The average molecular weight is 365 g/mol. The molecule has 2 aromatic rings. The third kappa shape index (κ3) is 3.94. The van der Waals surface area contributed by atoms with Crippen LogP contribution in [-0.2, 0) is 16.0 Å². The number of nitrogens with zero attached hydrogens (tertiary/aromatic N) is 1. The first-order valence-electron chi connectivity index (χ1n) is 7.87. The van der Waals surface area contributed by atoms with E-state index in [1.165, 1.54) is 29.4 Å². The van der Waals surface area contributed by atoms with Crippen molar-refractivity contribution in [1.29, 1.82) is 0 Å². The fourth-order valence-corrected chi connectivity index (χ4v) is 3.50. The van der Waals surface area contributed by atoms with Gasteiger partial charge in [-0.15, -0.1) is 23.5 Å². The maximum atomic E-state index is 13.2. The van der Waals surface area contributed by atoms with E-state index in [1.54, 1.807) is 24.3 Å². The lowest BCUT2D eigenvalue weighted by molar-refractivity contribution is -0.150. The molecule has 0 aliphatic heterocycles. The van der Waals surface area contributed by atoms with Crippen LogP contribution >= 0.6 is 11.3 Å². The van der Waals surface area contributed by atoms with E-state index in [2.05, 4.69) is 18.2 Å². The molecule has 26 heavy (non-hydrogen) atoms. The predicted octanol–water partition coefficient (Wildman–Crippen LogP) is 3.32. The molecule has 0 aliphatic rings. The molecule has 2 rings (SSSR count). The van der Waals surface area contributed by atoms with Crippen molar-refractivity contribution in [3.05, 3.63) is 76.7 Å². The van der Waals surface area contributed by atoms with Crippen LogP contribution in [0.15, 0.2) is 66.2 Å². The molecule has 0 fully saturated rings. The van der Waals surface area contributed by atoms with Crippen LogP contribution in [0.5, 0.6) is 0 Å². The minimum atomic E-state index is -1.43. The Kier molecular flexibility index (Phi) is 6.57. The number of benzene rings is 1. The van der Waals surface area contributed by atoms with Gasteiger partial charge in [-0.25, -0.2) is 4.79 Å². The molecule has 1 heterocycles. The number of carbonyl (C=O) groups is 2. The minimum Gasteiger partial charge on any atom is -0.467 e. The number of terminal acetylenes is 1. The maximum absolute atomic E-state index is 13.2. The molecular weight excluding hydrogens is 346 g/mol. The summed E-state index contributed by atoms with van der Waals surface area (Å²) in [6.45, 7) is 3.53. The number of esters is 1. The molecule has 1 amide bonds. The van der Waals surface area contributed by atoms with Crippen LogP contribution in [-0.4, -0.2) is 36.0 Å². The van der Waals surface area contributed by atoms with Gasteiger partial charge in [-0.3, -0.25) is 4.79 Å². The van der Waals surface area contributed by atoms with Gasteiger partial charge in [0.05, 0.1) is 13.7 Å². The van der Waals surface area contributed by atoms with E-state index >= 15 is 0 Å². The fourth-order valence-electron chi connectivity index (χ4n) is 2.71. The van der Waals surface area contributed by atoms with Crippen LogP contribution in [0.25, 0.3) is 0 Å². The Hall–Kier alpha value is -3.06. The number of amides is 1. The molecule has 0 saturated carbocycles. The zero-order valence-electron chi connectivity index (χ0n) is 14.5. The normalized spacial score (nSPS) is 12.2. The summed E-state index contributed by atoms with van der Waals surface area (Å²) in [5, 5.41) is 1.90. The van der Waals surface area contributed by atoms with Crippen LogP contribution in [0, 0.1) is 12.3 Å². The zero-order chi connectivity index (χ0) is 19.0. The summed E-state index contributed by atoms with van der Waals surface area (Å²) in [4.78, 5) is 28.2. The van der Waals surface area contributed by atoms with Crippen LogP contribution < -0.4 is 0 Å². The van der Waals surface area contributed by atoms with Gasteiger partial charge in [-0.05, 0) is 29.7 Å². The zero-order valence-corrected chi connectivity index (χ0v) is 15.3. The fraction of sp³-hybridized carbons (Fsp3) is 0.190. The molecule has 1 aromatic heterocycles. The van der Waals surface area contributed by atoms with E-state index in [-0.39, 0.29) is 18.9 Å². The Balaban J connectivity index is 2.61. The molecule has 0 unspecified atom stereocenters. The smallest absolute Gasteiger partial charge is 0.336 e. The molecule has 0 bridgehead atoms. The summed E-state index contributed by atoms with van der Waals surface area (Å²) in [5.41, 5.74) is 1.65. The second-order valence-electron chi connectivity index (χ2n) is 5.48. The minimum absolute atomic E-state index is 0.0631. The molecule has 0 spiro atoms. The quantitative estimate of drug-likeness (QED) is 0.430. The average Bonchev–Trinajstić information content (AvgIpc) is 3.18. The summed E-state index contributed by atoms with van der Waals surface area (Å²) in [6.07, 6.45) is 7.19. The van der Waals surface area contributed by atoms with Crippen molar-refractivity contribution in [1.82, 2.24) is 4.90 Å². The Bertz CT molecular complexity index is 845. The van der Waals surface area contributed by atoms with Crippen molar-refractivity contribution >= 4 is 23.2 Å². The Morgan fingerprint density at radius 3 is 2.58 bits per heavy atom. The number of carbonyl (C=O) groups excluding carboxylic acids is 2. The van der Waals surface area contributed by atoms with Crippen LogP contribution in [0.2, 0.25) is 0 Å². The van der Waals surface area contributed by atoms with Gasteiger partial charge in [0.2, 0.25) is 0 Å². The molecule has 0 saturated heterocycles. The lowest BCUT2D eigenvalue weighted by Gasteiger charge is -2.38. The lowest BCUT2D eigenvalue weighted by Crippen LogP contribution is -2.57. The van der Waals surface area contributed by atoms with Gasteiger partial charge in [0.1, 0.15) is 0 Å². The standard InChI is InChI=1S/C21H19NO3S/c1-4-13-21(20(24)25-3,16-18-12-9-15-26-18)22(14-5-2)19(23)17-10-7-6-8-11-17/h2,6-13,15H,1,14,16H2,3H3/t21-/m0/s1. The monoisotopic (exact) mass is 365 g/mol. The largest absolute Gasteiger partial charge is 0.467 e. The molecule has 4 nitrogen and oxygen atoms in total. The van der Waals surface area contributed by atoms with Crippen molar-refractivity contribution in [3.8, 4) is 12.3 Å². The third-order valence-corrected chi connectivity index (χ3v) is 4.78. The van der Waals surface area contributed by atoms with Gasteiger partial charge in [0.15, 0.2) is 5.54 Å². The van der Waals surface area contributed by atoms with Crippen molar-refractivity contribution in [2.45, 2.75) is 12.0 Å². The Labute approximate surface area is 157 Å². The highest BCUT2D eigenvalue weighted by Gasteiger charge is 2.46. The summed E-state index contributed by atoms with van der Waals surface area (Å²) >= 11 is 1.48. The molecule has 132 valence electrons. The SMILES string of the molecule is C#CCN(C(=O)c1ccccc1)[C@@](C=C=C)(Cc1cccs1)C(=O)OC. The number of ether oxygens (including phenoxy) is 1. The molecule has 1 aromatic carbocycles. The Morgan fingerprint density at radius 1 is 1.31 bits per heavy atom. The first kappa shape index (κ1) is 19.3. The molecule has 1 atom stereocenters. The second kappa shape index (κ2) is 8.87. The number of rotatable bonds is 7. The lowest BCUT2D eigenvalue weighted by atomic mass is 9.90. The third-order valence-electron chi connectivity index (χ3n) is 3.90. The van der Waals surface area contributed by atoms with Crippen molar-refractivity contribution < 1.29 is 14.3 Å². The molecule has 0 radical (unpaired) electrons. The van der Waals surface area contributed by atoms with Gasteiger partial charge >= 0.3 is 5.97 Å². The van der Waals surface area contributed by atoms with Gasteiger partial charge in [0, 0.05) is 16.9 Å². The predicted molar refractivity (Wildman–Crippen MR) is 103 cm³/mol. The summed E-state index contributed by atoms with van der Waals surface area (Å²) in [6, 6.07) is 12.4. The van der Waals surface area contributed by atoms with E-state index < -0.39 is 11.5 Å².